The predicted octanol–water partition coefficient (Wildman–Crippen LogP) is 3.62. The lowest BCUT2D eigenvalue weighted by molar-refractivity contribution is 0.173. The molecule has 0 radical (unpaired) electrons. The molecular formula is C23H24N4O5S. The highest BCUT2D eigenvalue weighted by Crippen LogP contribution is 2.37. The smallest absolute Gasteiger partial charge is 0.314 e. The first-order valence-corrected chi connectivity index (χ1v) is 11.6. The van der Waals surface area contributed by atoms with Crippen LogP contribution in [0.2, 0.25) is 0 Å². The van der Waals surface area contributed by atoms with E-state index < -0.39 is 0 Å². The standard InChI is InChI=1S/C23H24N4O5S/c1-2-24-22(28)25-8-3-9-27-17(15-4-6-18-20(10-15)31-13-29-18)12-33-23(27)26-16-5-7-19-21(11-16)32-14-30-19/h4-7,10-12H,2-3,8-9,13-14H2,1H3,(H2,24,25,28). The first-order valence-electron chi connectivity index (χ1n) is 10.8. The fraction of sp³-hybridized carbons (Fsp3) is 0.304. The molecule has 2 aliphatic heterocycles. The minimum absolute atomic E-state index is 0.158. The number of amides is 2. The van der Waals surface area contributed by atoms with Crippen molar-refractivity contribution >= 4 is 23.1 Å². The van der Waals surface area contributed by atoms with E-state index in [0.717, 1.165) is 45.4 Å². The number of aromatic nitrogens is 1. The van der Waals surface area contributed by atoms with Crippen LogP contribution in [-0.2, 0) is 6.54 Å². The van der Waals surface area contributed by atoms with E-state index in [-0.39, 0.29) is 19.6 Å². The molecule has 0 bridgehead atoms. The molecule has 2 N–H and O–H groups in total. The van der Waals surface area contributed by atoms with Gasteiger partial charge in [0.15, 0.2) is 27.8 Å². The Kier molecular flexibility index (Phi) is 6.07. The van der Waals surface area contributed by atoms with Crippen molar-refractivity contribution < 1.29 is 23.7 Å². The Morgan fingerprint density at radius 3 is 2.52 bits per heavy atom. The van der Waals surface area contributed by atoms with Crippen LogP contribution in [0, 0.1) is 0 Å². The van der Waals surface area contributed by atoms with Crippen LogP contribution in [-0.4, -0.2) is 37.3 Å². The van der Waals surface area contributed by atoms with Crippen LogP contribution in [0.25, 0.3) is 11.3 Å². The van der Waals surface area contributed by atoms with Gasteiger partial charge in [0.05, 0.1) is 11.4 Å². The average molecular weight is 469 g/mol. The molecule has 1 aromatic heterocycles. The lowest BCUT2D eigenvalue weighted by Gasteiger charge is -2.11. The van der Waals surface area contributed by atoms with Crippen LogP contribution >= 0.6 is 11.3 Å². The van der Waals surface area contributed by atoms with E-state index in [1.165, 1.54) is 0 Å². The Balaban J connectivity index is 1.45. The predicted molar refractivity (Wildman–Crippen MR) is 123 cm³/mol. The quantitative estimate of drug-likeness (QED) is 0.517. The van der Waals surface area contributed by atoms with E-state index in [2.05, 4.69) is 20.6 Å². The number of fused-ring (bicyclic) bond motifs is 2. The summed E-state index contributed by atoms with van der Waals surface area (Å²) in [7, 11) is 0. The Labute approximate surface area is 194 Å². The molecule has 2 amide bonds. The molecule has 0 fully saturated rings. The molecule has 10 heteroatoms. The highest BCUT2D eigenvalue weighted by Gasteiger charge is 2.17. The van der Waals surface area contributed by atoms with Crippen molar-refractivity contribution in [3.8, 4) is 34.3 Å². The zero-order valence-electron chi connectivity index (χ0n) is 18.1. The number of ether oxygens (including phenoxy) is 4. The van der Waals surface area contributed by atoms with Gasteiger partial charge in [-0.25, -0.2) is 9.79 Å². The van der Waals surface area contributed by atoms with Crippen molar-refractivity contribution in [3.05, 3.63) is 46.6 Å². The van der Waals surface area contributed by atoms with Crippen LogP contribution in [0.5, 0.6) is 23.0 Å². The van der Waals surface area contributed by atoms with E-state index in [0.29, 0.717) is 25.4 Å². The maximum absolute atomic E-state index is 11.7. The molecular weight excluding hydrogens is 444 g/mol. The third-order valence-electron chi connectivity index (χ3n) is 5.23. The highest BCUT2D eigenvalue weighted by molar-refractivity contribution is 7.07. The summed E-state index contributed by atoms with van der Waals surface area (Å²) < 4.78 is 24.1. The van der Waals surface area contributed by atoms with Gasteiger partial charge in [-0.3, -0.25) is 0 Å². The molecule has 0 aliphatic carbocycles. The fourth-order valence-corrected chi connectivity index (χ4v) is 4.60. The number of nitrogens with zero attached hydrogens (tertiary/aromatic N) is 2. The normalized spacial score (nSPS) is 13.9. The van der Waals surface area contributed by atoms with Gasteiger partial charge in [0.2, 0.25) is 13.6 Å². The molecule has 2 aromatic carbocycles. The molecule has 3 heterocycles. The number of hydrogen-bond donors (Lipinski definition) is 2. The van der Waals surface area contributed by atoms with Crippen molar-refractivity contribution in [2.24, 2.45) is 4.99 Å². The van der Waals surface area contributed by atoms with Crippen molar-refractivity contribution in [2.75, 3.05) is 26.7 Å². The third kappa shape index (κ3) is 4.61. The van der Waals surface area contributed by atoms with Crippen LogP contribution < -0.4 is 34.4 Å². The van der Waals surface area contributed by atoms with E-state index >= 15 is 0 Å². The lowest BCUT2D eigenvalue weighted by Crippen LogP contribution is -2.36. The topological polar surface area (TPSA) is 95.3 Å². The zero-order valence-corrected chi connectivity index (χ0v) is 18.9. The summed E-state index contributed by atoms with van der Waals surface area (Å²) in [4.78, 5) is 17.4. The van der Waals surface area contributed by atoms with Crippen molar-refractivity contribution in [1.82, 2.24) is 15.2 Å². The number of rotatable bonds is 7. The van der Waals surface area contributed by atoms with Gasteiger partial charge in [-0.1, -0.05) is 0 Å². The van der Waals surface area contributed by atoms with Gasteiger partial charge in [0.1, 0.15) is 0 Å². The first kappa shape index (κ1) is 21.2. The fourth-order valence-electron chi connectivity index (χ4n) is 3.65. The summed E-state index contributed by atoms with van der Waals surface area (Å²) in [5, 5.41) is 7.71. The summed E-state index contributed by atoms with van der Waals surface area (Å²) >= 11 is 1.56. The number of benzene rings is 2. The number of carbonyl (C=O) groups excluding carboxylic acids is 1. The number of nitrogens with one attached hydrogen (secondary N) is 2. The Morgan fingerprint density at radius 1 is 1.00 bits per heavy atom. The molecule has 0 saturated carbocycles. The van der Waals surface area contributed by atoms with Gasteiger partial charge >= 0.3 is 6.03 Å². The highest BCUT2D eigenvalue weighted by atomic mass is 32.1. The van der Waals surface area contributed by atoms with Crippen LogP contribution in [0.1, 0.15) is 13.3 Å². The monoisotopic (exact) mass is 468 g/mol. The summed E-state index contributed by atoms with van der Waals surface area (Å²) in [6.45, 7) is 4.19. The largest absolute Gasteiger partial charge is 0.454 e. The molecule has 2 aliphatic rings. The maximum Gasteiger partial charge on any atom is 0.314 e. The number of carbonyl (C=O) groups is 1. The van der Waals surface area contributed by atoms with E-state index in [1.54, 1.807) is 11.3 Å². The van der Waals surface area contributed by atoms with Crippen LogP contribution in [0.4, 0.5) is 10.5 Å². The Bertz CT molecular complexity index is 1240. The van der Waals surface area contributed by atoms with E-state index in [4.69, 9.17) is 23.9 Å². The number of urea groups is 1. The lowest BCUT2D eigenvalue weighted by atomic mass is 10.1. The molecule has 33 heavy (non-hydrogen) atoms. The minimum Gasteiger partial charge on any atom is -0.454 e. The summed E-state index contributed by atoms with van der Waals surface area (Å²) in [5.41, 5.74) is 2.82. The van der Waals surface area contributed by atoms with Gasteiger partial charge < -0.3 is 34.1 Å². The van der Waals surface area contributed by atoms with Crippen LogP contribution in [0.15, 0.2) is 46.8 Å². The van der Waals surface area contributed by atoms with Crippen molar-refractivity contribution in [3.63, 3.8) is 0 Å². The van der Waals surface area contributed by atoms with Crippen molar-refractivity contribution in [1.29, 1.82) is 0 Å². The second kappa shape index (κ2) is 9.45. The van der Waals surface area contributed by atoms with Gasteiger partial charge in [0.25, 0.3) is 0 Å². The second-order valence-corrected chi connectivity index (χ2v) is 8.25. The first-order chi connectivity index (χ1) is 16.2. The average Bonchev–Trinajstić information content (AvgIpc) is 3.56. The van der Waals surface area contributed by atoms with E-state index in [9.17, 15) is 4.79 Å². The number of hydrogen-bond acceptors (Lipinski definition) is 7. The van der Waals surface area contributed by atoms with Gasteiger partial charge in [-0.15, -0.1) is 11.3 Å². The maximum atomic E-state index is 11.7. The van der Waals surface area contributed by atoms with Crippen LogP contribution in [0.3, 0.4) is 0 Å². The molecule has 172 valence electrons. The minimum atomic E-state index is -0.158. The SMILES string of the molecule is CCNC(=O)NCCCn1c(-c2ccc3c(c2)OCO3)csc1=Nc1ccc2c(c1)OCO2. The molecule has 9 nitrogen and oxygen atoms in total. The molecule has 0 spiro atoms. The number of thiazole rings is 1. The van der Waals surface area contributed by atoms with Gasteiger partial charge in [0, 0.05) is 36.6 Å². The molecule has 5 rings (SSSR count). The summed E-state index contributed by atoms with van der Waals surface area (Å²) in [6, 6.07) is 11.4. The zero-order chi connectivity index (χ0) is 22.6. The third-order valence-corrected chi connectivity index (χ3v) is 6.09. The molecule has 0 unspecified atom stereocenters. The van der Waals surface area contributed by atoms with Gasteiger partial charge in [-0.2, -0.15) is 0 Å². The molecule has 0 saturated heterocycles. The van der Waals surface area contributed by atoms with E-state index in [1.807, 2.05) is 43.3 Å². The van der Waals surface area contributed by atoms with Gasteiger partial charge in [-0.05, 0) is 43.7 Å². The second-order valence-electron chi connectivity index (χ2n) is 7.41. The van der Waals surface area contributed by atoms with Crippen molar-refractivity contribution in [2.45, 2.75) is 19.9 Å². The summed E-state index contributed by atoms with van der Waals surface area (Å²) in [6.07, 6.45) is 0.750. The summed E-state index contributed by atoms with van der Waals surface area (Å²) in [5.74, 6) is 2.90. The molecule has 0 atom stereocenters. The Hall–Kier alpha value is -3.66. The molecule has 3 aromatic rings. The Morgan fingerprint density at radius 2 is 1.73 bits per heavy atom.